The van der Waals surface area contributed by atoms with Crippen LogP contribution in [0.5, 0.6) is 0 Å². The van der Waals surface area contributed by atoms with Gasteiger partial charge in [0, 0.05) is 12.5 Å². The van der Waals surface area contributed by atoms with Gasteiger partial charge in [0.15, 0.2) is 6.29 Å². The van der Waals surface area contributed by atoms with Crippen molar-refractivity contribution < 1.29 is 22.1 Å². The Bertz CT molecular complexity index is 382. The second-order valence-electron chi connectivity index (χ2n) is 5.51. The average molecular weight is 306 g/mol. The van der Waals surface area contributed by atoms with E-state index < -0.39 is 10.1 Å². The van der Waals surface area contributed by atoms with Gasteiger partial charge in [0.1, 0.15) is 0 Å². The third kappa shape index (κ3) is 8.68. The predicted octanol–water partition coefficient (Wildman–Crippen LogP) is 2.33. The molecule has 0 radical (unpaired) electrons. The predicted molar refractivity (Wildman–Crippen MR) is 77.8 cm³/mol. The molecule has 1 unspecified atom stereocenters. The first-order valence-electron chi connectivity index (χ1n) is 7.13. The monoisotopic (exact) mass is 306 g/mol. The van der Waals surface area contributed by atoms with Gasteiger partial charge in [0.05, 0.1) is 19.5 Å². The van der Waals surface area contributed by atoms with Crippen molar-refractivity contribution in [1.29, 1.82) is 0 Å². The minimum absolute atomic E-state index is 0.0855. The molecule has 1 heterocycles. The first kappa shape index (κ1) is 17.6. The van der Waals surface area contributed by atoms with Crippen LogP contribution in [-0.2, 0) is 23.8 Å². The summed E-state index contributed by atoms with van der Waals surface area (Å²) >= 11 is 0. The van der Waals surface area contributed by atoms with Crippen LogP contribution in [0.4, 0.5) is 0 Å². The Morgan fingerprint density at radius 3 is 2.55 bits per heavy atom. The van der Waals surface area contributed by atoms with E-state index in [1.54, 1.807) is 0 Å². The van der Waals surface area contributed by atoms with E-state index >= 15 is 0 Å². The smallest absolute Gasteiger partial charge is 0.264 e. The maximum atomic E-state index is 11.1. The van der Waals surface area contributed by atoms with Gasteiger partial charge >= 0.3 is 0 Å². The van der Waals surface area contributed by atoms with Crippen LogP contribution in [0.15, 0.2) is 12.2 Å². The maximum Gasteiger partial charge on any atom is 0.264 e. The van der Waals surface area contributed by atoms with Crippen LogP contribution in [0.1, 0.15) is 33.1 Å². The van der Waals surface area contributed by atoms with E-state index in [9.17, 15) is 8.42 Å². The van der Waals surface area contributed by atoms with Crippen LogP contribution in [0, 0.1) is 11.8 Å². The van der Waals surface area contributed by atoms with Gasteiger partial charge < -0.3 is 9.47 Å². The third-order valence-corrected chi connectivity index (χ3v) is 3.46. The molecule has 118 valence electrons. The quantitative estimate of drug-likeness (QED) is 0.509. The first-order chi connectivity index (χ1) is 9.37. The molecule has 1 aliphatic heterocycles. The molecule has 2 atom stereocenters. The second-order valence-corrected chi connectivity index (χ2v) is 7.15. The number of hydrogen-bond donors (Lipinski definition) is 0. The van der Waals surface area contributed by atoms with Crippen molar-refractivity contribution in [1.82, 2.24) is 0 Å². The van der Waals surface area contributed by atoms with E-state index in [1.165, 1.54) is 0 Å². The van der Waals surface area contributed by atoms with Gasteiger partial charge in [-0.15, -0.1) is 0 Å². The summed E-state index contributed by atoms with van der Waals surface area (Å²) in [5.41, 5.74) is 0. The summed E-state index contributed by atoms with van der Waals surface area (Å²) in [7, 11) is -3.42. The summed E-state index contributed by atoms with van der Waals surface area (Å²) in [5, 5.41) is 0. The van der Waals surface area contributed by atoms with Crippen molar-refractivity contribution in [3.63, 3.8) is 0 Å². The molecule has 1 saturated heterocycles. The highest BCUT2D eigenvalue weighted by molar-refractivity contribution is 7.85. The Morgan fingerprint density at radius 1 is 1.25 bits per heavy atom. The molecule has 6 heteroatoms. The molecule has 0 aromatic heterocycles. The van der Waals surface area contributed by atoms with Crippen molar-refractivity contribution >= 4 is 10.1 Å². The maximum absolute atomic E-state index is 11.1. The fourth-order valence-corrected chi connectivity index (χ4v) is 2.25. The van der Waals surface area contributed by atoms with Crippen molar-refractivity contribution in [3.8, 4) is 0 Å². The zero-order valence-corrected chi connectivity index (χ0v) is 13.4. The molecule has 0 N–H and O–H groups in total. The van der Waals surface area contributed by atoms with Gasteiger partial charge in [-0.2, -0.15) is 8.42 Å². The highest BCUT2D eigenvalue weighted by Crippen LogP contribution is 2.15. The van der Waals surface area contributed by atoms with Crippen LogP contribution >= 0.6 is 0 Å². The summed E-state index contributed by atoms with van der Waals surface area (Å²) < 4.78 is 38.2. The van der Waals surface area contributed by atoms with Crippen molar-refractivity contribution in [3.05, 3.63) is 12.2 Å². The fourth-order valence-electron chi connectivity index (χ4n) is 1.82. The molecule has 5 nitrogen and oxygen atoms in total. The van der Waals surface area contributed by atoms with E-state index in [2.05, 4.69) is 13.8 Å². The van der Waals surface area contributed by atoms with Gasteiger partial charge in [-0.3, -0.25) is 4.18 Å². The van der Waals surface area contributed by atoms with Crippen LogP contribution < -0.4 is 0 Å². The molecule has 1 rings (SSSR count). The third-order valence-electron chi connectivity index (χ3n) is 2.90. The summed E-state index contributed by atoms with van der Waals surface area (Å²) in [6.07, 6.45) is 7.96. The molecule has 20 heavy (non-hydrogen) atoms. The van der Waals surface area contributed by atoms with Crippen LogP contribution in [0.25, 0.3) is 0 Å². The fraction of sp³-hybridized carbons (Fsp3) is 0.857. The topological polar surface area (TPSA) is 61.8 Å². The highest BCUT2D eigenvalue weighted by Gasteiger charge is 2.17. The number of hydrogen-bond acceptors (Lipinski definition) is 5. The standard InChI is InChI=1S/C14H26O5S/c1-12(2)7-8-13(11-19-20(3,15)16)10-18-14-6-4-5-9-17-14/h7-8,12-14H,4-6,9-11H2,1-3H3/b8-7-/t13-,14?/m0/s1. The molecule has 0 aliphatic carbocycles. The van der Waals surface area contributed by atoms with Crippen LogP contribution in [0.2, 0.25) is 0 Å². The molecule has 0 spiro atoms. The summed E-state index contributed by atoms with van der Waals surface area (Å²) in [6, 6.07) is 0. The van der Waals surface area contributed by atoms with Gasteiger partial charge in [0.25, 0.3) is 10.1 Å². The Hall–Kier alpha value is -0.430. The number of allylic oxidation sites excluding steroid dienone is 1. The number of ether oxygens (including phenoxy) is 2. The molecular formula is C14H26O5S. The molecule has 1 fully saturated rings. The lowest BCUT2D eigenvalue weighted by molar-refractivity contribution is -0.167. The lowest BCUT2D eigenvalue weighted by Crippen LogP contribution is -2.26. The minimum atomic E-state index is -3.42. The Labute approximate surface area is 122 Å². The van der Waals surface area contributed by atoms with Crippen molar-refractivity contribution in [2.75, 3.05) is 26.1 Å². The zero-order chi connectivity index (χ0) is 15.0. The Kier molecular flexibility index (Phi) is 7.72. The summed E-state index contributed by atoms with van der Waals surface area (Å²) in [4.78, 5) is 0. The highest BCUT2D eigenvalue weighted by atomic mass is 32.2. The van der Waals surface area contributed by atoms with Gasteiger partial charge in [-0.05, 0) is 25.2 Å². The first-order valence-corrected chi connectivity index (χ1v) is 8.94. The SMILES string of the molecule is CC(C)/C=C\[C@@H](COC1CCCCO1)COS(C)(=O)=O. The van der Waals surface area contributed by atoms with Gasteiger partial charge in [-0.25, -0.2) is 0 Å². The second kappa shape index (κ2) is 8.77. The van der Waals surface area contributed by atoms with E-state index in [-0.39, 0.29) is 18.8 Å². The van der Waals surface area contributed by atoms with E-state index in [1.807, 2.05) is 12.2 Å². The molecule has 1 aliphatic rings. The van der Waals surface area contributed by atoms with E-state index in [4.69, 9.17) is 13.7 Å². The Morgan fingerprint density at radius 2 is 2.00 bits per heavy atom. The van der Waals surface area contributed by atoms with Crippen LogP contribution in [0.3, 0.4) is 0 Å². The summed E-state index contributed by atoms with van der Waals surface area (Å²) in [6.45, 7) is 5.38. The molecule has 0 aromatic rings. The van der Waals surface area contributed by atoms with Crippen molar-refractivity contribution in [2.45, 2.75) is 39.4 Å². The lowest BCUT2D eigenvalue weighted by Gasteiger charge is -2.24. The van der Waals surface area contributed by atoms with Crippen molar-refractivity contribution in [2.24, 2.45) is 11.8 Å². The van der Waals surface area contributed by atoms with Gasteiger partial charge in [-0.1, -0.05) is 26.0 Å². The largest absolute Gasteiger partial charge is 0.353 e. The molecule has 0 amide bonds. The van der Waals surface area contributed by atoms with E-state index in [0.717, 1.165) is 32.1 Å². The van der Waals surface area contributed by atoms with Gasteiger partial charge in [0.2, 0.25) is 0 Å². The lowest BCUT2D eigenvalue weighted by atomic mass is 10.1. The Balaban J connectivity index is 2.43. The molecular weight excluding hydrogens is 280 g/mol. The molecule has 0 saturated carbocycles. The molecule has 0 bridgehead atoms. The minimum Gasteiger partial charge on any atom is -0.353 e. The van der Waals surface area contributed by atoms with Crippen LogP contribution in [-0.4, -0.2) is 40.8 Å². The number of rotatable bonds is 8. The molecule has 0 aromatic carbocycles. The average Bonchev–Trinajstić information content (AvgIpc) is 2.37. The van der Waals surface area contributed by atoms with E-state index in [0.29, 0.717) is 12.5 Å². The summed E-state index contributed by atoms with van der Waals surface area (Å²) in [5.74, 6) is 0.319. The zero-order valence-electron chi connectivity index (χ0n) is 12.6. The normalized spacial score (nSPS) is 22.5.